The van der Waals surface area contributed by atoms with Gasteiger partial charge in [0.05, 0.1) is 13.3 Å². The SMILES string of the molecule is COc1ccccc1OCC(=O)N/N=C\c1cc2c(cc1C)N(C(C)C)C(C)(C)CC2C. The highest BCUT2D eigenvalue weighted by atomic mass is 16.5. The van der Waals surface area contributed by atoms with Gasteiger partial charge in [0.2, 0.25) is 0 Å². The van der Waals surface area contributed by atoms with Crippen LogP contribution in [0, 0.1) is 6.92 Å². The molecule has 1 aliphatic heterocycles. The Morgan fingerprint density at radius 2 is 1.97 bits per heavy atom. The molecule has 1 unspecified atom stereocenters. The van der Waals surface area contributed by atoms with E-state index in [1.807, 2.05) is 12.1 Å². The number of amides is 1. The molecule has 0 bridgehead atoms. The number of rotatable bonds is 7. The predicted octanol–water partition coefficient (Wildman–Crippen LogP) is 5.03. The smallest absolute Gasteiger partial charge is 0.277 e. The average molecular weight is 438 g/mol. The van der Waals surface area contributed by atoms with Gasteiger partial charge in [-0.1, -0.05) is 19.1 Å². The van der Waals surface area contributed by atoms with Crippen LogP contribution in [0.25, 0.3) is 0 Å². The fourth-order valence-corrected chi connectivity index (χ4v) is 4.82. The van der Waals surface area contributed by atoms with Gasteiger partial charge in [-0.05, 0) is 87.9 Å². The van der Waals surface area contributed by atoms with E-state index in [1.54, 1.807) is 25.5 Å². The summed E-state index contributed by atoms with van der Waals surface area (Å²) in [6.45, 7) is 13.4. The number of aryl methyl sites for hydroxylation is 1. The highest BCUT2D eigenvalue weighted by Crippen LogP contribution is 2.45. The lowest BCUT2D eigenvalue weighted by molar-refractivity contribution is -0.123. The van der Waals surface area contributed by atoms with Crippen LogP contribution >= 0.6 is 0 Å². The summed E-state index contributed by atoms with van der Waals surface area (Å²) in [7, 11) is 1.57. The molecule has 2 aromatic carbocycles. The highest BCUT2D eigenvalue weighted by molar-refractivity contribution is 5.86. The van der Waals surface area contributed by atoms with Gasteiger partial charge in [-0.15, -0.1) is 0 Å². The Morgan fingerprint density at radius 1 is 1.28 bits per heavy atom. The molecular formula is C26H35N3O3. The van der Waals surface area contributed by atoms with Gasteiger partial charge in [0.1, 0.15) is 0 Å². The van der Waals surface area contributed by atoms with Crippen molar-refractivity contribution in [1.29, 1.82) is 0 Å². The van der Waals surface area contributed by atoms with E-state index in [4.69, 9.17) is 9.47 Å². The summed E-state index contributed by atoms with van der Waals surface area (Å²) in [4.78, 5) is 14.7. The van der Waals surface area contributed by atoms with Crippen LogP contribution in [0.1, 0.15) is 63.6 Å². The molecule has 1 amide bonds. The van der Waals surface area contributed by atoms with Crippen LogP contribution in [-0.4, -0.2) is 37.4 Å². The summed E-state index contributed by atoms with van der Waals surface area (Å²) in [5.41, 5.74) is 7.42. The van der Waals surface area contributed by atoms with Gasteiger partial charge in [-0.2, -0.15) is 5.10 Å². The van der Waals surface area contributed by atoms with Gasteiger partial charge in [-0.25, -0.2) is 5.43 Å². The first-order valence-electron chi connectivity index (χ1n) is 11.2. The minimum Gasteiger partial charge on any atom is -0.493 e. The third-order valence-electron chi connectivity index (χ3n) is 6.00. The summed E-state index contributed by atoms with van der Waals surface area (Å²) in [6, 6.07) is 12.1. The Kier molecular flexibility index (Phi) is 7.12. The summed E-state index contributed by atoms with van der Waals surface area (Å²) in [5.74, 6) is 1.22. The Labute approximate surface area is 191 Å². The third kappa shape index (κ3) is 5.06. The molecule has 6 heteroatoms. The van der Waals surface area contributed by atoms with Gasteiger partial charge >= 0.3 is 0 Å². The van der Waals surface area contributed by atoms with Crippen LogP contribution in [0.5, 0.6) is 11.5 Å². The van der Waals surface area contributed by atoms with E-state index in [2.05, 4.69) is 69.1 Å². The van der Waals surface area contributed by atoms with Crippen LogP contribution in [0.4, 0.5) is 5.69 Å². The Hall–Kier alpha value is -3.02. The lowest BCUT2D eigenvalue weighted by Crippen LogP contribution is -2.51. The summed E-state index contributed by atoms with van der Waals surface area (Å²) in [6.07, 6.45) is 2.80. The number of hydrogen-bond donors (Lipinski definition) is 1. The number of nitrogens with one attached hydrogen (secondary N) is 1. The molecule has 0 fully saturated rings. The first-order valence-corrected chi connectivity index (χ1v) is 11.2. The summed E-state index contributed by atoms with van der Waals surface area (Å²) in [5, 5.41) is 4.16. The van der Waals surface area contributed by atoms with Gasteiger partial charge in [0, 0.05) is 17.3 Å². The van der Waals surface area contributed by atoms with Crippen molar-refractivity contribution >= 4 is 17.8 Å². The van der Waals surface area contributed by atoms with E-state index in [-0.39, 0.29) is 18.1 Å². The van der Waals surface area contributed by atoms with Crippen LogP contribution in [-0.2, 0) is 4.79 Å². The molecular weight excluding hydrogens is 402 g/mol. The Morgan fingerprint density at radius 3 is 2.62 bits per heavy atom. The van der Waals surface area contributed by atoms with Crippen LogP contribution in [0.2, 0.25) is 0 Å². The van der Waals surface area contributed by atoms with E-state index in [9.17, 15) is 4.79 Å². The van der Waals surface area contributed by atoms with Crippen molar-refractivity contribution in [2.24, 2.45) is 5.10 Å². The molecule has 32 heavy (non-hydrogen) atoms. The van der Waals surface area contributed by atoms with Crippen molar-refractivity contribution in [3.63, 3.8) is 0 Å². The molecule has 1 heterocycles. The fraction of sp³-hybridized carbons (Fsp3) is 0.462. The normalized spacial score (nSPS) is 17.4. The fourth-order valence-electron chi connectivity index (χ4n) is 4.82. The van der Waals surface area contributed by atoms with Crippen molar-refractivity contribution in [3.05, 3.63) is 53.1 Å². The third-order valence-corrected chi connectivity index (χ3v) is 6.00. The van der Waals surface area contributed by atoms with E-state index in [0.29, 0.717) is 23.5 Å². The van der Waals surface area contributed by atoms with Crippen LogP contribution in [0.15, 0.2) is 41.5 Å². The minimum atomic E-state index is -0.330. The minimum absolute atomic E-state index is 0.109. The first kappa shape index (κ1) is 23.6. The monoisotopic (exact) mass is 437 g/mol. The van der Waals surface area contributed by atoms with E-state index in [0.717, 1.165) is 17.5 Å². The van der Waals surface area contributed by atoms with E-state index >= 15 is 0 Å². The number of anilines is 1. The zero-order chi connectivity index (χ0) is 23.5. The lowest BCUT2D eigenvalue weighted by Gasteiger charge is -2.50. The van der Waals surface area contributed by atoms with Crippen LogP contribution in [0.3, 0.4) is 0 Å². The van der Waals surface area contributed by atoms with Crippen molar-refractivity contribution in [2.45, 2.75) is 65.5 Å². The molecule has 1 aliphatic rings. The number of ether oxygens (including phenoxy) is 2. The maximum atomic E-state index is 12.2. The molecule has 1 N–H and O–H groups in total. The molecule has 0 spiro atoms. The number of hydrogen-bond acceptors (Lipinski definition) is 5. The van der Waals surface area contributed by atoms with Gasteiger partial charge < -0.3 is 14.4 Å². The number of carbonyl (C=O) groups excluding carboxylic acids is 1. The second-order valence-electron chi connectivity index (χ2n) is 9.38. The second kappa shape index (κ2) is 9.63. The highest BCUT2D eigenvalue weighted by Gasteiger charge is 2.37. The average Bonchev–Trinajstić information content (AvgIpc) is 2.72. The number of para-hydroxylation sites is 2. The standard InChI is InChI=1S/C26H35N3O3/c1-17(2)29-22-12-18(3)20(13-21(22)19(4)14-26(29,5)6)15-27-28-25(30)16-32-24-11-9-8-10-23(24)31-7/h8-13,15,17,19H,14,16H2,1-7H3,(H,28,30)/b27-15-. The zero-order valence-corrected chi connectivity index (χ0v) is 20.2. The number of carbonyl (C=O) groups is 1. The molecule has 0 aromatic heterocycles. The number of nitrogens with zero attached hydrogens (tertiary/aromatic N) is 2. The predicted molar refractivity (Wildman–Crippen MR) is 130 cm³/mol. The van der Waals surface area contributed by atoms with Crippen molar-refractivity contribution < 1.29 is 14.3 Å². The molecule has 0 radical (unpaired) electrons. The Balaban J connectivity index is 1.70. The van der Waals surface area contributed by atoms with E-state index < -0.39 is 0 Å². The molecule has 1 atom stereocenters. The molecule has 3 rings (SSSR count). The maximum absolute atomic E-state index is 12.2. The van der Waals surface area contributed by atoms with Crippen molar-refractivity contribution in [3.8, 4) is 11.5 Å². The number of benzene rings is 2. The van der Waals surface area contributed by atoms with Gasteiger partial charge in [-0.3, -0.25) is 4.79 Å². The lowest BCUT2D eigenvalue weighted by atomic mass is 9.78. The Bertz CT molecular complexity index is 998. The summed E-state index contributed by atoms with van der Waals surface area (Å²) >= 11 is 0. The number of fused-ring (bicyclic) bond motifs is 1. The topological polar surface area (TPSA) is 63.2 Å². The van der Waals surface area contributed by atoms with Crippen LogP contribution < -0.4 is 19.8 Å². The van der Waals surface area contributed by atoms with Crippen molar-refractivity contribution in [1.82, 2.24) is 5.43 Å². The number of methoxy groups -OCH3 is 1. The zero-order valence-electron chi connectivity index (χ0n) is 20.2. The molecule has 0 saturated heterocycles. The summed E-state index contributed by atoms with van der Waals surface area (Å²) < 4.78 is 10.8. The first-order chi connectivity index (χ1) is 15.1. The molecule has 2 aromatic rings. The van der Waals surface area contributed by atoms with Crippen molar-refractivity contribution in [2.75, 3.05) is 18.6 Å². The molecule has 6 nitrogen and oxygen atoms in total. The quantitative estimate of drug-likeness (QED) is 0.487. The van der Waals surface area contributed by atoms with E-state index in [1.165, 1.54) is 11.3 Å². The molecule has 0 saturated carbocycles. The number of hydrazone groups is 1. The van der Waals surface area contributed by atoms with Gasteiger partial charge in [0.25, 0.3) is 5.91 Å². The second-order valence-corrected chi connectivity index (χ2v) is 9.38. The molecule has 172 valence electrons. The van der Waals surface area contributed by atoms with Gasteiger partial charge in [0.15, 0.2) is 18.1 Å². The largest absolute Gasteiger partial charge is 0.493 e. The molecule has 0 aliphatic carbocycles. The maximum Gasteiger partial charge on any atom is 0.277 e.